The van der Waals surface area contributed by atoms with Crippen LogP contribution in [0.25, 0.3) is 5.65 Å². The van der Waals surface area contributed by atoms with Crippen molar-refractivity contribution < 1.29 is 19.4 Å². The molecule has 0 unspecified atom stereocenters. The first-order valence-corrected chi connectivity index (χ1v) is 7.31. The van der Waals surface area contributed by atoms with Crippen LogP contribution in [-0.2, 0) is 4.74 Å². The van der Waals surface area contributed by atoms with Crippen molar-refractivity contribution in [2.24, 2.45) is 10.2 Å². The number of imidazole rings is 1. The lowest BCUT2D eigenvalue weighted by molar-refractivity contribution is 0.0600. The highest BCUT2D eigenvalue weighted by Gasteiger charge is 2.18. The number of aromatic carboxylic acids is 1. The molecule has 0 aliphatic rings. The van der Waals surface area contributed by atoms with E-state index in [4.69, 9.17) is 0 Å². The summed E-state index contributed by atoms with van der Waals surface area (Å²) in [5.41, 5.74) is 1.90. The number of carboxylic acids is 1. The van der Waals surface area contributed by atoms with E-state index in [1.165, 1.54) is 13.2 Å². The van der Waals surface area contributed by atoms with Gasteiger partial charge in [-0.1, -0.05) is 12.1 Å². The molecule has 0 spiro atoms. The summed E-state index contributed by atoms with van der Waals surface area (Å²) in [5, 5.41) is 17.4. The maximum absolute atomic E-state index is 11.6. The number of azo groups is 1. The molecule has 0 amide bonds. The molecule has 25 heavy (non-hydrogen) atoms. The summed E-state index contributed by atoms with van der Waals surface area (Å²) in [6.45, 7) is 1.88. The van der Waals surface area contributed by atoms with E-state index < -0.39 is 11.9 Å². The van der Waals surface area contributed by atoms with Crippen molar-refractivity contribution in [1.29, 1.82) is 0 Å². The Hall–Kier alpha value is -3.55. The minimum Gasteiger partial charge on any atom is -0.476 e. The van der Waals surface area contributed by atoms with Crippen LogP contribution in [0, 0.1) is 6.92 Å². The van der Waals surface area contributed by atoms with Gasteiger partial charge in [0.25, 0.3) is 0 Å². The first kappa shape index (κ1) is 16.3. The van der Waals surface area contributed by atoms with Crippen molar-refractivity contribution in [3.8, 4) is 0 Å². The van der Waals surface area contributed by atoms with Crippen LogP contribution < -0.4 is 0 Å². The monoisotopic (exact) mass is 338 g/mol. The second-order valence-corrected chi connectivity index (χ2v) is 5.27. The predicted octanol–water partition coefficient (Wildman–Crippen LogP) is 3.54. The molecule has 1 aromatic carbocycles. The normalized spacial score (nSPS) is 11.1. The third-order valence-corrected chi connectivity index (χ3v) is 3.47. The fraction of sp³-hybridized carbons (Fsp3) is 0.118. The van der Waals surface area contributed by atoms with Crippen LogP contribution in [0.15, 0.2) is 52.8 Å². The summed E-state index contributed by atoms with van der Waals surface area (Å²) in [6.07, 6.45) is 1.73. The van der Waals surface area contributed by atoms with E-state index in [-0.39, 0.29) is 11.5 Å². The third kappa shape index (κ3) is 3.23. The Morgan fingerprint density at radius 2 is 2.00 bits per heavy atom. The Bertz CT molecular complexity index is 1010. The largest absolute Gasteiger partial charge is 0.476 e. The van der Waals surface area contributed by atoms with Gasteiger partial charge in [-0.2, -0.15) is 0 Å². The fourth-order valence-corrected chi connectivity index (χ4v) is 2.30. The predicted molar refractivity (Wildman–Crippen MR) is 88.8 cm³/mol. The molecule has 1 N–H and O–H groups in total. The number of esters is 1. The van der Waals surface area contributed by atoms with Crippen molar-refractivity contribution in [2.45, 2.75) is 6.92 Å². The van der Waals surface area contributed by atoms with E-state index in [2.05, 4.69) is 19.9 Å². The minimum absolute atomic E-state index is 0.106. The van der Waals surface area contributed by atoms with Crippen LogP contribution in [0.5, 0.6) is 0 Å². The zero-order valence-corrected chi connectivity index (χ0v) is 13.5. The molecule has 0 radical (unpaired) electrons. The first-order chi connectivity index (χ1) is 12.0. The van der Waals surface area contributed by atoms with E-state index in [1.807, 2.05) is 13.0 Å². The summed E-state index contributed by atoms with van der Waals surface area (Å²) in [5.74, 6) is -1.58. The number of ether oxygens (including phenoxy) is 1. The quantitative estimate of drug-likeness (QED) is 0.578. The number of benzene rings is 1. The first-order valence-electron chi connectivity index (χ1n) is 7.31. The van der Waals surface area contributed by atoms with Gasteiger partial charge in [-0.25, -0.2) is 14.6 Å². The molecule has 0 saturated heterocycles. The maximum Gasteiger partial charge on any atom is 0.358 e. The Morgan fingerprint density at radius 3 is 2.72 bits per heavy atom. The number of aryl methyl sites for hydroxylation is 1. The lowest BCUT2D eigenvalue weighted by Crippen LogP contribution is -1.99. The van der Waals surface area contributed by atoms with Crippen molar-refractivity contribution in [3.05, 3.63) is 59.4 Å². The summed E-state index contributed by atoms with van der Waals surface area (Å²) in [7, 11) is 1.29. The number of methoxy groups -OCH3 is 1. The zero-order valence-electron chi connectivity index (χ0n) is 13.5. The van der Waals surface area contributed by atoms with Crippen LogP contribution in [0.1, 0.15) is 26.4 Å². The van der Waals surface area contributed by atoms with Gasteiger partial charge in [-0.05, 0) is 36.8 Å². The van der Waals surface area contributed by atoms with E-state index in [0.717, 1.165) is 5.56 Å². The van der Waals surface area contributed by atoms with Gasteiger partial charge in [0.2, 0.25) is 0 Å². The summed E-state index contributed by atoms with van der Waals surface area (Å²) < 4.78 is 6.22. The molecule has 126 valence electrons. The van der Waals surface area contributed by atoms with E-state index in [9.17, 15) is 14.7 Å². The SMILES string of the molecule is COC(=O)c1cccc(N=Nc2c(C(=O)O)nc3ccc(C)cn23)c1. The number of fused-ring (bicyclic) bond motifs is 1. The lowest BCUT2D eigenvalue weighted by Gasteiger charge is -2.00. The minimum atomic E-state index is -1.20. The number of hydrogen-bond acceptors (Lipinski definition) is 6. The second-order valence-electron chi connectivity index (χ2n) is 5.27. The van der Waals surface area contributed by atoms with Gasteiger partial charge in [-0.3, -0.25) is 4.40 Å². The molecule has 0 aliphatic carbocycles. The van der Waals surface area contributed by atoms with Gasteiger partial charge in [0.1, 0.15) is 5.65 Å². The maximum atomic E-state index is 11.6. The van der Waals surface area contributed by atoms with Crippen molar-refractivity contribution >= 4 is 29.1 Å². The second kappa shape index (κ2) is 6.52. The van der Waals surface area contributed by atoms with E-state index in [1.54, 1.807) is 34.9 Å². The Kier molecular flexibility index (Phi) is 4.25. The topological polar surface area (TPSA) is 106 Å². The summed E-state index contributed by atoms with van der Waals surface area (Å²) in [6, 6.07) is 9.91. The molecule has 0 atom stereocenters. The molecule has 0 fully saturated rings. The molecule has 3 rings (SSSR count). The van der Waals surface area contributed by atoms with Crippen LogP contribution in [-0.4, -0.2) is 33.5 Å². The van der Waals surface area contributed by atoms with Crippen LogP contribution in [0.4, 0.5) is 11.5 Å². The number of carbonyl (C=O) groups excluding carboxylic acids is 1. The Morgan fingerprint density at radius 1 is 1.20 bits per heavy atom. The smallest absolute Gasteiger partial charge is 0.358 e. The number of rotatable bonds is 4. The van der Waals surface area contributed by atoms with E-state index >= 15 is 0 Å². The Labute approximate surface area is 142 Å². The van der Waals surface area contributed by atoms with Gasteiger partial charge in [-0.15, -0.1) is 10.2 Å². The summed E-state index contributed by atoms with van der Waals surface area (Å²) >= 11 is 0. The van der Waals surface area contributed by atoms with Crippen LogP contribution in [0.2, 0.25) is 0 Å². The highest BCUT2D eigenvalue weighted by Crippen LogP contribution is 2.25. The zero-order chi connectivity index (χ0) is 18.0. The number of aromatic nitrogens is 2. The number of carbonyl (C=O) groups is 2. The average molecular weight is 338 g/mol. The van der Waals surface area contributed by atoms with Crippen molar-refractivity contribution in [3.63, 3.8) is 0 Å². The molecular weight excluding hydrogens is 324 g/mol. The molecular formula is C17H14N4O4. The van der Waals surface area contributed by atoms with Gasteiger partial charge >= 0.3 is 11.9 Å². The molecule has 0 saturated carbocycles. The highest BCUT2D eigenvalue weighted by atomic mass is 16.5. The lowest BCUT2D eigenvalue weighted by atomic mass is 10.2. The molecule has 3 aromatic rings. The van der Waals surface area contributed by atoms with Gasteiger partial charge in [0.05, 0.1) is 18.4 Å². The molecule has 0 aliphatic heterocycles. The number of hydrogen-bond donors (Lipinski definition) is 1. The Balaban J connectivity index is 2.06. The molecule has 0 bridgehead atoms. The van der Waals surface area contributed by atoms with Crippen LogP contribution >= 0.6 is 0 Å². The van der Waals surface area contributed by atoms with Crippen molar-refractivity contribution in [2.75, 3.05) is 7.11 Å². The van der Waals surface area contributed by atoms with Gasteiger partial charge in [0, 0.05) is 6.20 Å². The third-order valence-electron chi connectivity index (χ3n) is 3.47. The highest BCUT2D eigenvalue weighted by molar-refractivity contribution is 5.92. The van der Waals surface area contributed by atoms with Gasteiger partial charge in [0.15, 0.2) is 11.5 Å². The number of carboxylic acid groups (broad SMARTS) is 1. The van der Waals surface area contributed by atoms with Gasteiger partial charge < -0.3 is 9.84 Å². The van der Waals surface area contributed by atoms with E-state index in [0.29, 0.717) is 16.9 Å². The molecule has 8 nitrogen and oxygen atoms in total. The van der Waals surface area contributed by atoms with Crippen molar-refractivity contribution in [1.82, 2.24) is 9.38 Å². The fourth-order valence-electron chi connectivity index (χ4n) is 2.30. The molecule has 8 heteroatoms. The number of nitrogens with zero attached hydrogens (tertiary/aromatic N) is 4. The number of pyridine rings is 1. The molecule has 2 heterocycles. The molecule has 2 aromatic heterocycles. The summed E-state index contributed by atoms with van der Waals surface area (Å²) in [4.78, 5) is 27.1. The standard InChI is InChI=1S/C17H14N4O4/c1-10-6-7-13-18-14(16(22)23)15(21(13)9-10)20-19-12-5-3-4-11(8-12)17(24)25-2/h3-9H,1-2H3,(H,22,23). The van der Waals surface area contributed by atoms with Crippen LogP contribution in [0.3, 0.4) is 0 Å². The average Bonchev–Trinajstić information content (AvgIpc) is 2.97.